The molecule has 0 saturated heterocycles. The standard InChI is InChI=1S/C15H18ClN5/c1-2-8-17-14-18-13(16)19-15(20-14)21-9-7-11-5-3-4-6-12(11)10-21/h3-6H,2,7-10H2,1H3,(H,17,18,19,20). The Kier molecular flexibility index (Phi) is 4.20. The predicted octanol–water partition coefficient (Wildman–Crippen LogP) is 2.91. The summed E-state index contributed by atoms with van der Waals surface area (Å²) in [5.74, 6) is 1.19. The maximum absolute atomic E-state index is 6.02. The molecule has 21 heavy (non-hydrogen) atoms. The molecule has 0 radical (unpaired) electrons. The van der Waals surface area contributed by atoms with E-state index in [1.54, 1.807) is 0 Å². The van der Waals surface area contributed by atoms with Crippen molar-refractivity contribution in [2.45, 2.75) is 26.3 Å². The molecular weight excluding hydrogens is 286 g/mol. The zero-order chi connectivity index (χ0) is 14.7. The summed E-state index contributed by atoms with van der Waals surface area (Å²) in [5, 5.41) is 3.39. The molecule has 1 N–H and O–H groups in total. The molecule has 0 bridgehead atoms. The maximum Gasteiger partial charge on any atom is 0.231 e. The van der Waals surface area contributed by atoms with E-state index in [-0.39, 0.29) is 5.28 Å². The third-order valence-corrected chi connectivity index (χ3v) is 3.71. The number of benzene rings is 1. The highest BCUT2D eigenvalue weighted by Gasteiger charge is 2.19. The van der Waals surface area contributed by atoms with Crippen LogP contribution in [0.1, 0.15) is 24.5 Å². The van der Waals surface area contributed by atoms with Crippen LogP contribution in [0.3, 0.4) is 0 Å². The predicted molar refractivity (Wildman–Crippen MR) is 84.8 cm³/mol. The van der Waals surface area contributed by atoms with Gasteiger partial charge in [-0.1, -0.05) is 31.2 Å². The summed E-state index contributed by atoms with van der Waals surface area (Å²) in [4.78, 5) is 15.0. The van der Waals surface area contributed by atoms with Crippen LogP contribution in [0.25, 0.3) is 0 Å². The summed E-state index contributed by atoms with van der Waals surface area (Å²) in [6.45, 7) is 4.62. The van der Waals surface area contributed by atoms with E-state index in [0.29, 0.717) is 11.9 Å². The van der Waals surface area contributed by atoms with Crippen molar-refractivity contribution >= 4 is 23.5 Å². The van der Waals surface area contributed by atoms with Crippen LogP contribution in [-0.4, -0.2) is 28.0 Å². The minimum Gasteiger partial charge on any atom is -0.354 e. The van der Waals surface area contributed by atoms with Gasteiger partial charge >= 0.3 is 0 Å². The number of hydrogen-bond donors (Lipinski definition) is 1. The summed E-state index contributed by atoms with van der Waals surface area (Å²) in [6.07, 6.45) is 2.01. The van der Waals surface area contributed by atoms with Gasteiger partial charge in [-0.05, 0) is 35.6 Å². The van der Waals surface area contributed by atoms with Gasteiger partial charge in [-0.25, -0.2) is 0 Å². The fourth-order valence-corrected chi connectivity index (χ4v) is 2.62. The van der Waals surface area contributed by atoms with Crippen molar-refractivity contribution in [1.29, 1.82) is 0 Å². The van der Waals surface area contributed by atoms with E-state index < -0.39 is 0 Å². The molecule has 2 aromatic rings. The highest BCUT2D eigenvalue weighted by Crippen LogP contribution is 2.23. The van der Waals surface area contributed by atoms with E-state index >= 15 is 0 Å². The van der Waals surface area contributed by atoms with Gasteiger partial charge in [0.05, 0.1) is 0 Å². The first-order chi connectivity index (χ1) is 10.3. The number of fused-ring (bicyclic) bond motifs is 1. The van der Waals surface area contributed by atoms with Crippen molar-refractivity contribution in [3.8, 4) is 0 Å². The SMILES string of the molecule is CCCNc1nc(Cl)nc(N2CCc3ccccc3C2)n1. The number of halogens is 1. The molecule has 0 saturated carbocycles. The molecule has 1 aliphatic heterocycles. The summed E-state index contributed by atoms with van der Waals surface area (Å²) in [6, 6.07) is 8.49. The summed E-state index contributed by atoms with van der Waals surface area (Å²) in [5.41, 5.74) is 2.72. The molecule has 0 unspecified atom stereocenters. The van der Waals surface area contributed by atoms with Crippen molar-refractivity contribution < 1.29 is 0 Å². The molecule has 0 atom stereocenters. The van der Waals surface area contributed by atoms with E-state index in [2.05, 4.69) is 56.4 Å². The minimum absolute atomic E-state index is 0.234. The average Bonchev–Trinajstić information content (AvgIpc) is 2.52. The Balaban J connectivity index is 1.83. The van der Waals surface area contributed by atoms with Crippen LogP contribution in [0.15, 0.2) is 24.3 Å². The van der Waals surface area contributed by atoms with Gasteiger partial charge in [0.1, 0.15) is 0 Å². The largest absolute Gasteiger partial charge is 0.354 e. The van der Waals surface area contributed by atoms with Crippen molar-refractivity contribution in [1.82, 2.24) is 15.0 Å². The zero-order valence-corrected chi connectivity index (χ0v) is 12.8. The average molecular weight is 304 g/mol. The van der Waals surface area contributed by atoms with Gasteiger partial charge in [0.15, 0.2) is 0 Å². The van der Waals surface area contributed by atoms with E-state index in [0.717, 1.165) is 32.5 Å². The van der Waals surface area contributed by atoms with Gasteiger partial charge in [-0.3, -0.25) is 0 Å². The molecule has 2 heterocycles. The first kappa shape index (κ1) is 14.1. The van der Waals surface area contributed by atoms with Gasteiger partial charge in [0.2, 0.25) is 17.2 Å². The van der Waals surface area contributed by atoms with E-state index in [9.17, 15) is 0 Å². The Morgan fingerprint density at radius 3 is 2.81 bits per heavy atom. The van der Waals surface area contributed by atoms with Crippen LogP contribution >= 0.6 is 11.6 Å². The Morgan fingerprint density at radius 2 is 2.00 bits per heavy atom. The third kappa shape index (κ3) is 3.24. The zero-order valence-electron chi connectivity index (χ0n) is 12.0. The smallest absolute Gasteiger partial charge is 0.231 e. The van der Waals surface area contributed by atoms with Gasteiger partial charge in [-0.15, -0.1) is 0 Å². The van der Waals surface area contributed by atoms with Crippen molar-refractivity contribution in [2.75, 3.05) is 23.3 Å². The second-order valence-electron chi connectivity index (χ2n) is 5.10. The fourth-order valence-electron chi connectivity index (χ4n) is 2.46. The minimum atomic E-state index is 0.234. The molecule has 0 spiro atoms. The molecule has 1 aromatic carbocycles. The topological polar surface area (TPSA) is 53.9 Å². The van der Waals surface area contributed by atoms with Crippen LogP contribution in [-0.2, 0) is 13.0 Å². The van der Waals surface area contributed by atoms with Crippen LogP contribution < -0.4 is 10.2 Å². The van der Waals surface area contributed by atoms with Crippen molar-refractivity contribution in [2.24, 2.45) is 0 Å². The molecule has 0 aliphatic carbocycles. The van der Waals surface area contributed by atoms with Crippen molar-refractivity contribution in [3.63, 3.8) is 0 Å². The Bertz CT molecular complexity index is 631. The van der Waals surface area contributed by atoms with Crippen molar-refractivity contribution in [3.05, 3.63) is 40.7 Å². The molecule has 110 valence electrons. The molecule has 6 heteroatoms. The lowest BCUT2D eigenvalue weighted by Gasteiger charge is -2.28. The molecule has 1 aromatic heterocycles. The summed E-state index contributed by atoms with van der Waals surface area (Å²) >= 11 is 6.02. The number of nitrogens with zero attached hydrogens (tertiary/aromatic N) is 4. The normalized spacial score (nSPS) is 13.9. The highest BCUT2D eigenvalue weighted by molar-refractivity contribution is 6.28. The third-order valence-electron chi connectivity index (χ3n) is 3.54. The second-order valence-corrected chi connectivity index (χ2v) is 5.43. The number of nitrogens with one attached hydrogen (secondary N) is 1. The first-order valence-corrected chi connectivity index (χ1v) is 7.61. The summed E-state index contributed by atoms with van der Waals surface area (Å²) in [7, 11) is 0. The lowest BCUT2D eigenvalue weighted by Crippen LogP contribution is -2.32. The Labute approximate surface area is 129 Å². The molecule has 0 amide bonds. The van der Waals surface area contributed by atoms with Gasteiger partial charge in [-0.2, -0.15) is 15.0 Å². The maximum atomic E-state index is 6.02. The Hall–Kier alpha value is -1.88. The Morgan fingerprint density at radius 1 is 1.19 bits per heavy atom. The van der Waals surface area contributed by atoms with E-state index in [1.165, 1.54) is 11.1 Å². The first-order valence-electron chi connectivity index (χ1n) is 7.23. The highest BCUT2D eigenvalue weighted by atomic mass is 35.5. The van der Waals surface area contributed by atoms with Gasteiger partial charge in [0.25, 0.3) is 0 Å². The second kappa shape index (κ2) is 6.26. The quantitative estimate of drug-likeness (QED) is 0.941. The number of anilines is 2. The van der Waals surface area contributed by atoms with Crippen LogP contribution in [0, 0.1) is 0 Å². The number of aromatic nitrogens is 3. The fraction of sp³-hybridized carbons (Fsp3) is 0.400. The number of hydrogen-bond acceptors (Lipinski definition) is 5. The lowest BCUT2D eigenvalue weighted by atomic mass is 10.0. The van der Waals surface area contributed by atoms with Crippen LogP contribution in [0.5, 0.6) is 0 Å². The molecule has 0 fully saturated rings. The van der Waals surface area contributed by atoms with E-state index in [4.69, 9.17) is 11.6 Å². The van der Waals surface area contributed by atoms with E-state index in [1.807, 2.05) is 0 Å². The van der Waals surface area contributed by atoms with Gasteiger partial charge < -0.3 is 10.2 Å². The molecule has 3 rings (SSSR count). The molecular formula is C15H18ClN5. The van der Waals surface area contributed by atoms with Gasteiger partial charge in [0, 0.05) is 19.6 Å². The van der Waals surface area contributed by atoms with Crippen LogP contribution in [0.2, 0.25) is 5.28 Å². The van der Waals surface area contributed by atoms with Crippen LogP contribution in [0.4, 0.5) is 11.9 Å². The number of rotatable bonds is 4. The monoisotopic (exact) mass is 303 g/mol. The molecule has 1 aliphatic rings. The lowest BCUT2D eigenvalue weighted by molar-refractivity contribution is 0.704. The molecule has 5 nitrogen and oxygen atoms in total. The summed E-state index contributed by atoms with van der Waals surface area (Å²) < 4.78 is 0.